The fourth-order valence-corrected chi connectivity index (χ4v) is 3.27. The fraction of sp³-hybridized carbons (Fsp3) is 0.471. The lowest BCUT2D eigenvalue weighted by Crippen LogP contribution is -2.47. The first kappa shape index (κ1) is 18.5. The Hall–Kier alpha value is -2.26. The van der Waals surface area contributed by atoms with Gasteiger partial charge in [-0.15, -0.1) is 0 Å². The maximum absolute atomic E-state index is 13.1. The molecular weight excluding hydrogens is 355 g/mol. The van der Waals surface area contributed by atoms with E-state index in [1.54, 1.807) is 4.68 Å². The van der Waals surface area contributed by atoms with Crippen LogP contribution in [0.5, 0.6) is 0 Å². The second kappa shape index (κ2) is 7.96. The summed E-state index contributed by atoms with van der Waals surface area (Å²) in [6.45, 7) is 4.07. The van der Waals surface area contributed by atoms with Gasteiger partial charge in [0.2, 0.25) is 5.91 Å². The molecule has 1 aliphatic heterocycles. The highest BCUT2D eigenvalue weighted by molar-refractivity contribution is 7.71. The first-order chi connectivity index (χ1) is 12.4. The smallest absolute Gasteiger partial charge is 0.217 e. The zero-order valence-electron chi connectivity index (χ0n) is 14.8. The van der Waals surface area contributed by atoms with Gasteiger partial charge in [-0.05, 0) is 36.5 Å². The van der Waals surface area contributed by atoms with Crippen molar-refractivity contribution in [3.63, 3.8) is 0 Å². The first-order valence-electron chi connectivity index (χ1n) is 8.58. The first-order valence-corrected chi connectivity index (χ1v) is 8.99. The van der Waals surface area contributed by atoms with Crippen molar-refractivity contribution in [2.75, 3.05) is 31.1 Å². The van der Waals surface area contributed by atoms with Gasteiger partial charge in [0.25, 0.3) is 0 Å². The van der Waals surface area contributed by atoms with Gasteiger partial charge in [0.15, 0.2) is 4.77 Å². The maximum atomic E-state index is 13.1. The number of benzene rings is 1. The van der Waals surface area contributed by atoms with Gasteiger partial charge in [0.05, 0.1) is 6.67 Å². The summed E-state index contributed by atoms with van der Waals surface area (Å²) < 4.78 is 17.3. The van der Waals surface area contributed by atoms with Crippen LogP contribution in [0.3, 0.4) is 0 Å². The Labute approximate surface area is 156 Å². The van der Waals surface area contributed by atoms with Gasteiger partial charge in [-0.1, -0.05) is 0 Å². The number of primary amides is 1. The summed E-state index contributed by atoms with van der Waals surface area (Å²) >= 11 is 5.45. The standard InChI is InChI=1S/C17H23FN6OS/c1-21-16(7-6-15(19)25)20-24(17(21)26)12-22-8-10-23(11-9-22)14-4-2-13(18)3-5-14/h2-5H,6-12H2,1H3,(H2,19,25). The molecule has 9 heteroatoms. The Morgan fingerprint density at radius 3 is 2.50 bits per heavy atom. The van der Waals surface area contributed by atoms with Gasteiger partial charge < -0.3 is 15.2 Å². The average Bonchev–Trinajstić information content (AvgIpc) is 2.89. The molecule has 26 heavy (non-hydrogen) atoms. The van der Waals surface area contributed by atoms with Gasteiger partial charge in [-0.2, -0.15) is 5.10 Å². The monoisotopic (exact) mass is 378 g/mol. The lowest BCUT2D eigenvalue weighted by molar-refractivity contribution is -0.118. The number of nitrogens with zero attached hydrogens (tertiary/aromatic N) is 5. The lowest BCUT2D eigenvalue weighted by Gasteiger charge is -2.35. The molecule has 0 atom stereocenters. The van der Waals surface area contributed by atoms with E-state index in [4.69, 9.17) is 18.0 Å². The summed E-state index contributed by atoms with van der Waals surface area (Å²) in [6.07, 6.45) is 0.747. The molecule has 1 aromatic carbocycles. The van der Waals surface area contributed by atoms with Crippen molar-refractivity contribution in [3.05, 3.63) is 40.7 Å². The van der Waals surface area contributed by atoms with Crippen LogP contribution in [-0.4, -0.2) is 51.3 Å². The predicted octanol–water partition coefficient (Wildman–Crippen LogP) is 1.29. The molecule has 140 valence electrons. The molecule has 3 rings (SSSR count). The van der Waals surface area contributed by atoms with Crippen molar-refractivity contribution >= 4 is 23.8 Å². The van der Waals surface area contributed by atoms with E-state index < -0.39 is 0 Å². The van der Waals surface area contributed by atoms with E-state index in [9.17, 15) is 9.18 Å². The molecule has 2 heterocycles. The van der Waals surface area contributed by atoms with Crippen LogP contribution in [0.1, 0.15) is 12.2 Å². The number of carbonyl (C=O) groups excluding carboxylic acids is 1. The van der Waals surface area contributed by atoms with Crippen molar-refractivity contribution in [2.45, 2.75) is 19.5 Å². The Morgan fingerprint density at radius 2 is 1.88 bits per heavy atom. The van der Waals surface area contributed by atoms with Crippen LogP contribution >= 0.6 is 12.2 Å². The number of carbonyl (C=O) groups is 1. The number of anilines is 1. The molecule has 0 radical (unpaired) electrons. The minimum atomic E-state index is -0.345. The van der Waals surface area contributed by atoms with Crippen LogP contribution in [0.2, 0.25) is 0 Å². The van der Waals surface area contributed by atoms with Gasteiger partial charge >= 0.3 is 0 Å². The van der Waals surface area contributed by atoms with E-state index in [0.717, 1.165) is 37.7 Å². The third kappa shape index (κ3) is 4.28. The SMILES string of the molecule is Cn1c(CCC(N)=O)nn(CN2CCN(c3ccc(F)cc3)CC2)c1=S. The molecule has 1 fully saturated rings. The van der Waals surface area contributed by atoms with Gasteiger partial charge in [-0.3, -0.25) is 9.69 Å². The zero-order chi connectivity index (χ0) is 18.7. The predicted molar refractivity (Wildman–Crippen MR) is 99.7 cm³/mol. The summed E-state index contributed by atoms with van der Waals surface area (Å²) in [5.41, 5.74) is 6.25. The summed E-state index contributed by atoms with van der Waals surface area (Å²) in [7, 11) is 1.86. The summed E-state index contributed by atoms with van der Waals surface area (Å²) in [5, 5.41) is 4.53. The third-order valence-electron chi connectivity index (χ3n) is 4.62. The molecule has 0 aliphatic carbocycles. The van der Waals surface area contributed by atoms with Crippen molar-refractivity contribution in [2.24, 2.45) is 12.8 Å². The van der Waals surface area contributed by atoms with Crippen LogP contribution in [0.25, 0.3) is 0 Å². The second-order valence-electron chi connectivity index (χ2n) is 6.45. The van der Waals surface area contributed by atoms with Gasteiger partial charge in [-0.25, -0.2) is 9.07 Å². The zero-order valence-corrected chi connectivity index (χ0v) is 15.6. The average molecular weight is 378 g/mol. The number of hydrogen-bond acceptors (Lipinski definition) is 5. The number of nitrogens with two attached hydrogens (primary N) is 1. The number of aryl methyl sites for hydroxylation is 1. The fourth-order valence-electron chi connectivity index (χ4n) is 3.07. The molecule has 2 N–H and O–H groups in total. The Kier molecular flexibility index (Phi) is 5.67. The van der Waals surface area contributed by atoms with Crippen molar-refractivity contribution in [1.82, 2.24) is 19.2 Å². The van der Waals surface area contributed by atoms with Crippen LogP contribution in [-0.2, 0) is 24.9 Å². The highest BCUT2D eigenvalue weighted by Gasteiger charge is 2.19. The van der Waals surface area contributed by atoms with E-state index in [1.807, 2.05) is 23.7 Å². The molecule has 0 unspecified atom stereocenters. The van der Waals surface area contributed by atoms with E-state index in [1.165, 1.54) is 12.1 Å². The van der Waals surface area contributed by atoms with E-state index >= 15 is 0 Å². The number of amides is 1. The van der Waals surface area contributed by atoms with Crippen LogP contribution in [0.4, 0.5) is 10.1 Å². The Balaban J connectivity index is 1.59. The maximum Gasteiger partial charge on any atom is 0.217 e. The summed E-state index contributed by atoms with van der Waals surface area (Å²) in [4.78, 5) is 15.5. The van der Waals surface area contributed by atoms with Gasteiger partial charge in [0.1, 0.15) is 11.6 Å². The minimum Gasteiger partial charge on any atom is -0.370 e. The second-order valence-corrected chi connectivity index (χ2v) is 6.81. The van der Waals surface area contributed by atoms with Crippen molar-refractivity contribution < 1.29 is 9.18 Å². The number of aromatic nitrogens is 3. The molecule has 7 nitrogen and oxygen atoms in total. The highest BCUT2D eigenvalue weighted by Crippen LogP contribution is 2.17. The van der Waals surface area contributed by atoms with Crippen LogP contribution < -0.4 is 10.6 Å². The molecule has 0 saturated carbocycles. The third-order valence-corrected chi connectivity index (χ3v) is 5.11. The van der Waals surface area contributed by atoms with Crippen LogP contribution in [0, 0.1) is 10.6 Å². The molecule has 1 aliphatic rings. The number of hydrogen-bond donors (Lipinski definition) is 1. The molecule has 1 amide bonds. The molecule has 1 aromatic heterocycles. The molecule has 2 aromatic rings. The number of halogens is 1. The van der Waals surface area contributed by atoms with Crippen molar-refractivity contribution in [3.8, 4) is 0 Å². The largest absolute Gasteiger partial charge is 0.370 e. The molecule has 1 saturated heterocycles. The van der Waals surface area contributed by atoms with Crippen LogP contribution in [0.15, 0.2) is 24.3 Å². The highest BCUT2D eigenvalue weighted by atomic mass is 32.1. The topological polar surface area (TPSA) is 72.3 Å². The molecule has 0 spiro atoms. The Bertz CT molecular complexity index is 823. The molecule has 0 bridgehead atoms. The quantitative estimate of drug-likeness (QED) is 0.767. The van der Waals surface area contributed by atoms with E-state index in [2.05, 4.69) is 14.9 Å². The van der Waals surface area contributed by atoms with E-state index in [-0.39, 0.29) is 18.1 Å². The molecular formula is C17H23FN6OS. The normalized spacial score (nSPS) is 15.4. The lowest BCUT2D eigenvalue weighted by atomic mass is 10.2. The summed E-state index contributed by atoms with van der Waals surface area (Å²) in [5.74, 6) is 0.199. The summed E-state index contributed by atoms with van der Waals surface area (Å²) in [6, 6.07) is 6.60. The number of rotatable bonds is 6. The number of piperazine rings is 1. The van der Waals surface area contributed by atoms with Crippen molar-refractivity contribution in [1.29, 1.82) is 0 Å². The van der Waals surface area contributed by atoms with Gasteiger partial charge in [0, 0.05) is 51.8 Å². The Morgan fingerprint density at radius 1 is 1.23 bits per heavy atom. The minimum absolute atomic E-state index is 0.218. The van der Waals surface area contributed by atoms with E-state index in [0.29, 0.717) is 17.9 Å².